The van der Waals surface area contributed by atoms with E-state index < -0.39 is 24.0 Å². The highest BCUT2D eigenvalue weighted by Crippen LogP contribution is 2.28. The number of esters is 1. The Morgan fingerprint density at radius 1 is 1.03 bits per heavy atom. The molecule has 0 radical (unpaired) electrons. The summed E-state index contributed by atoms with van der Waals surface area (Å²) in [5.74, 6) is -1.14. The Bertz CT molecular complexity index is 849. The summed E-state index contributed by atoms with van der Waals surface area (Å²) in [4.78, 5) is 12.0. The largest absolute Gasteiger partial charge is 0.463 e. The molecule has 1 saturated heterocycles. The van der Waals surface area contributed by atoms with Gasteiger partial charge in [-0.15, -0.1) is 0 Å². The van der Waals surface area contributed by atoms with Crippen LogP contribution in [-0.4, -0.2) is 43.3 Å². The van der Waals surface area contributed by atoms with Crippen LogP contribution in [0.1, 0.15) is 31.9 Å². The zero-order valence-corrected chi connectivity index (χ0v) is 18.9. The van der Waals surface area contributed by atoms with Crippen LogP contribution < -0.4 is 0 Å². The molecule has 2 aromatic rings. The van der Waals surface area contributed by atoms with Crippen molar-refractivity contribution in [1.29, 1.82) is 0 Å². The van der Waals surface area contributed by atoms with Crippen LogP contribution in [0.25, 0.3) is 0 Å². The minimum absolute atomic E-state index is 0.306. The van der Waals surface area contributed by atoms with Gasteiger partial charge in [0.2, 0.25) is 0 Å². The van der Waals surface area contributed by atoms with Gasteiger partial charge in [-0.1, -0.05) is 60.7 Å². The Hall–Kier alpha value is -2.51. The zero-order chi connectivity index (χ0) is 22.8. The van der Waals surface area contributed by atoms with Crippen LogP contribution in [0.3, 0.4) is 0 Å². The highest BCUT2D eigenvalue weighted by molar-refractivity contribution is 5.81. The maximum atomic E-state index is 12.0. The van der Waals surface area contributed by atoms with E-state index in [-0.39, 0.29) is 6.10 Å². The summed E-state index contributed by atoms with van der Waals surface area (Å²) in [7, 11) is 0. The Balaban J connectivity index is 1.80. The maximum absolute atomic E-state index is 12.0. The monoisotopic (exact) mass is 440 g/mol. The van der Waals surface area contributed by atoms with Gasteiger partial charge in [-0.3, -0.25) is 0 Å². The van der Waals surface area contributed by atoms with Crippen molar-refractivity contribution in [2.75, 3.05) is 13.2 Å². The SMILES string of the molecule is CCOC(=O)/C=C/[C@@H](OCc1ccccc1)[C@@H](OCc1ccccc1)[C@H]1COC(C)(C)O1. The fourth-order valence-electron chi connectivity index (χ4n) is 3.45. The molecule has 3 rings (SSSR count). The predicted octanol–water partition coefficient (Wildman–Crippen LogP) is 4.43. The maximum Gasteiger partial charge on any atom is 0.330 e. The normalized spacial score (nSPS) is 19.7. The number of carbonyl (C=O) groups is 1. The quantitative estimate of drug-likeness (QED) is 0.381. The van der Waals surface area contributed by atoms with E-state index in [9.17, 15) is 4.79 Å². The molecule has 3 atom stereocenters. The summed E-state index contributed by atoms with van der Waals surface area (Å²) in [6.07, 6.45) is 1.67. The van der Waals surface area contributed by atoms with Crippen LogP contribution in [0, 0.1) is 0 Å². The van der Waals surface area contributed by atoms with Crippen LogP contribution >= 0.6 is 0 Å². The van der Waals surface area contributed by atoms with E-state index in [1.165, 1.54) is 6.08 Å². The topological polar surface area (TPSA) is 63.2 Å². The number of rotatable bonds is 11. The highest BCUT2D eigenvalue weighted by Gasteiger charge is 2.41. The number of hydrogen-bond acceptors (Lipinski definition) is 6. The lowest BCUT2D eigenvalue weighted by atomic mass is 10.1. The first-order valence-corrected chi connectivity index (χ1v) is 10.9. The van der Waals surface area contributed by atoms with Crippen molar-refractivity contribution in [3.8, 4) is 0 Å². The van der Waals surface area contributed by atoms with E-state index in [1.54, 1.807) is 13.0 Å². The molecule has 172 valence electrons. The van der Waals surface area contributed by atoms with E-state index in [4.69, 9.17) is 23.7 Å². The highest BCUT2D eigenvalue weighted by atomic mass is 16.8. The van der Waals surface area contributed by atoms with Crippen molar-refractivity contribution in [2.45, 2.75) is 58.1 Å². The van der Waals surface area contributed by atoms with Crippen molar-refractivity contribution in [3.63, 3.8) is 0 Å². The smallest absolute Gasteiger partial charge is 0.330 e. The number of hydrogen-bond donors (Lipinski definition) is 0. The van der Waals surface area contributed by atoms with Gasteiger partial charge >= 0.3 is 5.97 Å². The van der Waals surface area contributed by atoms with Gasteiger partial charge in [-0.2, -0.15) is 0 Å². The van der Waals surface area contributed by atoms with Gasteiger partial charge in [0, 0.05) is 6.08 Å². The van der Waals surface area contributed by atoms with Gasteiger partial charge < -0.3 is 23.7 Å². The molecule has 2 aromatic carbocycles. The fourth-order valence-corrected chi connectivity index (χ4v) is 3.45. The predicted molar refractivity (Wildman–Crippen MR) is 121 cm³/mol. The van der Waals surface area contributed by atoms with E-state index in [1.807, 2.05) is 74.5 Å². The van der Waals surface area contributed by atoms with Gasteiger partial charge in [-0.05, 0) is 38.0 Å². The van der Waals surface area contributed by atoms with E-state index in [2.05, 4.69) is 0 Å². The minimum Gasteiger partial charge on any atom is -0.463 e. The summed E-state index contributed by atoms with van der Waals surface area (Å²) < 4.78 is 29.5. The Labute approximate surface area is 190 Å². The molecule has 1 fully saturated rings. The van der Waals surface area contributed by atoms with Gasteiger partial charge in [0.15, 0.2) is 5.79 Å². The summed E-state index contributed by atoms with van der Waals surface area (Å²) in [6.45, 7) is 6.92. The first-order chi connectivity index (χ1) is 15.5. The summed E-state index contributed by atoms with van der Waals surface area (Å²) in [5, 5.41) is 0. The molecule has 1 heterocycles. The third-order valence-electron chi connectivity index (χ3n) is 5.00. The van der Waals surface area contributed by atoms with Crippen molar-refractivity contribution in [2.24, 2.45) is 0 Å². The van der Waals surface area contributed by atoms with Crippen molar-refractivity contribution >= 4 is 5.97 Å². The molecule has 0 aromatic heterocycles. The second kappa shape index (κ2) is 11.9. The number of carbonyl (C=O) groups excluding carboxylic acids is 1. The minimum atomic E-state index is -0.714. The van der Waals surface area contributed by atoms with Crippen LogP contribution in [-0.2, 0) is 41.7 Å². The fraction of sp³-hybridized carbons (Fsp3) is 0.423. The third-order valence-corrected chi connectivity index (χ3v) is 5.00. The molecular formula is C26H32O6. The summed E-state index contributed by atoms with van der Waals surface area (Å²) >= 11 is 0. The lowest BCUT2D eigenvalue weighted by Gasteiger charge is -2.30. The standard InChI is InChI=1S/C26H32O6/c1-4-28-24(27)16-15-22(29-17-20-11-7-5-8-12-20)25(23-19-31-26(2,3)32-23)30-18-21-13-9-6-10-14-21/h5-16,22-23,25H,4,17-19H2,1-3H3/b16-15+/t22-,23-,25-/m1/s1. The first kappa shape index (κ1) is 24.1. The van der Waals surface area contributed by atoms with Gasteiger partial charge in [0.25, 0.3) is 0 Å². The molecular weight excluding hydrogens is 408 g/mol. The molecule has 6 nitrogen and oxygen atoms in total. The molecule has 0 amide bonds. The molecule has 0 saturated carbocycles. The molecule has 0 N–H and O–H groups in total. The number of benzene rings is 2. The summed E-state index contributed by atoms with van der Waals surface area (Å²) in [5.41, 5.74) is 2.06. The second-order valence-corrected chi connectivity index (χ2v) is 8.00. The Kier molecular flexibility index (Phi) is 9.00. The Morgan fingerprint density at radius 2 is 1.62 bits per heavy atom. The molecule has 0 unspecified atom stereocenters. The number of ether oxygens (including phenoxy) is 5. The van der Waals surface area contributed by atoms with Gasteiger partial charge in [-0.25, -0.2) is 4.79 Å². The lowest BCUT2D eigenvalue weighted by Crippen LogP contribution is -2.42. The van der Waals surface area contributed by atoms with E-state index >= 15 is 0 Å². The molecule has 32 heavy (non-hydrogen) atoms. The second-order valence-electron chi connectivity index (χ2n) is 8.00. The molecule has 0 spiro atoms. The van der Waals surface area contributed by atoms with E-state index in [0.717, 1.165) is 11.1 Å². The van der Waals surface area contributed by atoms with Crippen molar-refractivity contribution in [3.05, 3.63) is 83.9 Å². The first-order valence-electron chi connectivity index (χ1n) is 10.9. The molecule has 1 aliphatic rings. The van der Waals surface area contributed by atoms with Crippen molar-refractivity contribution < 1.29 is 28.5 Å². The molecule has 1 aliphatic heterocycles. The molecule has 0 bridgehead atoms. The summed E-state index contributed by atoms with van der Waals surface area (Å²) in [6, 6.07) is 19.8. The van der Waals surface area contributed by atoms with Crippen LogP contribution in [0.5, 0.6) is 0 Å². The molecule has 6 heteroatoms. The van der Waals surface area contributed by atoms with Crippen molar-refractivity contribution in [1.82, 2.24) is 0 Å². The lowest BCUT2D eigenvalue weighted by molar-refractivity contribution is -0.173. The Morgan fingerprint density at radius 3 is 2.16 bits per heavy atom. The average Bonchev–Trinajstić information content (AvgIpc) is 3.16. The van der Waals surface area contributed by atoms with Gasteiger partial charge in [0.1, 0.15) is 18.3 Å². The average molecular weight is 441 g/mol. The van der Waals surface area contributed by atoms with Gasteiger partial charge in [0.05, 0.1) is 26.4 Å². The van der Waals surface area contributed by atoms with Crippen LogP contribution in [0.4, 0.5) is 0 Å². The van der Waals surface area contributed by atoms with Crippen LogP contribution in [0.15, 0.2) is 72.8 Å². The van der Waals surface area contributed by atoms with Crippen LogP contribution in [0.2, 0.25) is 0 Å². The third kappa shape index (κ3) is 7.57. The molecule has 0 aliphatic carbocycles. The zero-order valence-electron chi connectivity index (χ0n) is 18.9. The van der Waals surface area contributed by atoms with E-state index in [0.29, 0.717) is 26.4 Å².